The summed E-state index contributed by atoms with van der Waals surface area (Å²) in [6, 6.07) is 0.0975. The van der Waals surface area contributed by atoms with Crippen LogP contribution in [0.2, 0.25) is 0 Å². The monoisotopic (exact) mass is 263 g/mol. The summed E-state index contributed by atoms with van der Waals surface area (Å²) in [6.45, 7) is 8.68. The van der Waals surface area contributed by atoms with Crippen LogP contribution >= 0.6 is 0 Å². The van der Waals surface area contributed by atoms with Crippen LogP contribution in [-0.4, -0.2) is 44.3 Å². The second kappa shape index (κ2) is 5.67. The number of hydrogen-bond acceptors (Lipinski definition) is 3. The number of piperidine rings is 1. The number of ether oxygens (including phenoxy) is 1. The molecule has 1 fully saturated rings. The van der Waals surface area contributed by atoms with Gasteiger partial charge in [-0.2, -0.15) is 4.31 Å². The molecule has 0 aliphatic carbocycles. The van der Waals surface area contributed by atoms with Gasteiger partial charge in [-0.25, -0.2) is 8.42 Å². The van der Waals surface area contributed by atoms with Crippen molar-refractivity contribution in [3.05, 3.63) is 0 Å². The highest BCUT2D eigenvalue weighted by molar-refractivity contribution is 7.89. The number of hydrogen-bond donors (Lipinski definition) is 0. The van der Waals surface area contributed by atoms with E-state index in [1.165, 1.54) is 0 Å². The van der Waals surface area contributed by atoms with Gasteiger partial charge in [0.05, 0.1) is 11.9 Å². The number of rotatable bonds is 4. The van der Waals surface area contributed by atoms with E-state index in [1.54, 1.807) is 18.3 Å². The summed E-state index contributed by atoms with van der Waals surface area (Å²) >= 11 is 0. The van der Waals surface area contributed by atoms with Crippen LogP contribution in [0.3, 0.4) is 0 Å². The van der Waals surface area contributed by atoms with Gasteiger partial charge >= 0.3 is 0 Å². The van der Waals surface area contributed by atoms with E-state index in [-0.39, 0.29) is 17.9 Å². The lowest BCUT2D eigenvalue weighted by molar-refractivity contribution is 0.128. The maximum Gasteiger partial charge on any atom is 0.216 e. The van der Waals surface area contributed by atoms with Crippen molar-refractivity contribution in [2.45, 2.75) is 46.3 Å². The molecule has 0 N–H and O–H groups in total. The Morgan fingerprint density at radius 2 is 1.94 bits per heavy atom. The van der Waals surface area contributed by atoms with E-state index in [0.29, 0.717) is 18.4 Å². The van der Waals surface area contributed by atoms with Crippen LogP contribution in [0.15, 0.2) is 0 Å². The normalized spacial score (nSPS) is 33.6. The highest BCUT2D eigenvalue weighted by atomic mass is 32.2. The smallest absolute Gasteiger partial charge is 0.216 e. The number of nitrogens with zero attached hydrogens (tertiary/aromatic N) is 1. The summed E-state index contributed by atoms with van der Waals surface area (Å²) in [5.74, 6) is 0.938. The molecule has 5 heteroatoms. The van der Waals surface area contributed by atoms with Crippen molar-refractivity contribution in [1.29, 1.82) is 0 Å². The van der Waals surface area contributed by atoms with Gasteiger partial charge in [-0.3, -0.25) is 0 Å². The van der Waals surface area contributed by atoms with E-state index in [2.05, 4.69) is 13.8 Å². The van der Waals surface area contributed by atoms with Gasteiger partial charge in [-0.1, -0.05) is 13.8 Å². The van der Waals surface area contributed by atoms with Crippen molar-refractivity contribution in [1.82, 2.24) is 4.31 Å². The molecule has 4 atom stereocenters. The summed E-state index contributed by atoms with van der Waals surface area (Å²) in [4.78, 5) is 0. The van der Waals surface area contributed by atoms with Crippen LogP contribution in [0.5, 0.6) is 0 Å². The molecule has 1 heterocycles. The Hall–Kier alpha value is -0.130. The van der Waals surface area contributed by atoms with Gasteiger partial charge in [0.15, 0.2) is 0 Å². The van der Waals surface area contributed by atoms with Crippen molar-refractivity contribution >= 4 is 10.0 Å². The molecule has 1 aliphatic heterocycles. The zero-order chi connectivity index (χ0) is 13.2. The highest BCUT2D eigenvalue weighted by Gasteiger charge is 2.36. The second-order valence-electron chi connectivity index (χ2n) is 5.45. The third-order valence-electron chi connectivity index (χ3n) is 3.75. The molecule has 102 valence electrons. The average Bonchev–Trinajstić information content (AvgIpc) is 2.22. The van der Waals surface area contributed by atoms with Crippen LogP contribution in [0, 0.1) is 11.8 Å². The summed E-state index contributed by atoms with van der Waals surface area (Å²) in [5, 5.41) is 0. The lowest BCUT2D eigenvalue weighted by Crippen LogP contribution is -2.50. The maximum absolute atomic E-state index is 12.3. The molecule has 0 unspecified atom stereocenters. The predicted molar refractivity (Wildman–Crippen MR) is 69.4 cm³/mol. The van der Waals surface area contributed by atoms with Crippen molar-refractivity contribution in [2.75, 3.05) is 19.4 Å². The average molecular weight is 263 g/mol. The van der Waals surface area contributed by atoms with Gasteiger partial charge in [0.1, 0.15) is 0 Å². The molecular formula is C12H25NO3S. The molecule has 0 spiro atoms. The SMILES string of the molecule is CO[C@H](C)CS(=O)(=O)N1C[C@H](C)C[C@@H](C)[C@H]1C. The van der Waals surface area contributed by atoms with Crippen LogP contribution in [-0.2, 0) is 14.8 Å². The fourth-order valence-corrected chi connectivity index (χ4v) is 4.61. The van der Waals surface area contributed by atoms with Gasteiger partial charge < -0.3 is 4.74 Å². The van der Waals surface area contributed by atoms with E-state index in [1.807, 2.05) is 6.92 Å². The van der Waals surface area contributed by atoms with E-state index in [9.17, 15) is 8.42 Å². The minimum atomic E-state index is -3.20. The van der Waals surface area contributed by atoms with Gasteiger partial charge in [-0.15, -0.1) is 0 Å². The van der Waals surface area contributed by atoms with Crippen molar-refractivity contribution in [3.8, 4) is 0 Å². The second-order valence-corrected chi connectivity index (χ2v) is 7.42. The quantitative estimate of drug-likeness (QED) is 0.776. The zero-order valence-electron chi connectivity index (χ0n) is 11.5. The summed E-state index contributed by atoms with van der Waals surface area (Å²) in [6.07, 6.45) is 0.854. The Balaban J connectivity index is 2.82. The Morgan fingerprint density at radius 1 is 1.35 bits per heavy atom. The van der Waals surface area contributed by atoms with E-state index < -0.39 is 10.0 Å². The minimum Gasteiger partial charge on any atom is -0.381 e. The minimum absolute atomic E-state index is 0.0767. The predicted octanol–water partition coefficient (Wildman–Crippen LogP) is 1.72. The number of methoxy groups -OCH3 is 1. The van der Waals surface area contributed by atoms with Gasteiger partial charge in [0, 0.05) is 19.7 Å². The third-order valence-corrected chi connectivity index (χ3v) is 5.84. The van der Waals surface area contributed by atoms with E-state index in [4.69, 9.17) is 4.74 Å². The standard InChI is InChI=1S/C12H25NO3S/c1-9-6-10(2)12(4)13(7-9)17(14,15)8-11(3)16-5/h9-12H,6-8H2,1-5H3/t9-,10-,11-,12-/m1/s1. The van der Waals surface area contributed by atoms with Crippen molar-refractivity contribution in [3.63, 3.8) is 0 Å². The molecule has 0 aromatic rings. The van der Waals surface area contributed by atoms with Gasteiger partial charge in [0.25, 0.3) is 0 Å². The fourth-order valence-electron chi connectivity index (χ4n) is 2.49. The van der Waals surface area contributed by atoms with E-state index >= 15 is 0 Å². The molecule has 1 aliphatic rings. The van der Waals surface area contributed by atoms with Crippen LogP contribution in [0.25, 0.3) is 0 Å². The van der Waals surface area contributed by atoms with Crippen molar-refractivity contribution < 1.29 is 13.2 Å². The Morgan fingerprint density at radius 3 is 2.47 bits per heavy atom. The zero-order valence-corrected chi connectivity index (χ0v) is 12.3. The maximum atomic E-state index is 12.3. The number of sulfonamides is 1. The van der Waals surface area contributed by atoms with Crippen LogP contribution < -0.4 is 0 Å². The molecule has 0 aromatic carbocycles. The molecule has 17 heavy (non-hydrogen) atoms. The first-order valence-electron chi connectivity index (χ1n) is 6.30. The molecule has 1 saturated heterocycles. The summed E-state index contributed by atoms with van der Waals surface area (Å²) in [7, 11) is -1.65. The first-order chi connectivity index (χ1) is 7.77. The molecule has 0 saturated carbocycles. The lowest BCUT2D eigenvalue weighted by Gasteiger charge is -2.40. The molecule has 0 aromatic heterocycles. The highest BCUT2D eigenvalue weighted by Crippen LogP contribution is 2.29. The Kier molecular flexibility index (Phi) is 4.98. The molecule has 0 amide bonds. The van der Waals surface area contributed by atoms with Gasteiger partial charge in [0.2, 0.25) is 10.0 Å². The van der Waals surface area contributed by atoms with Crippen molar-refractivity contribution in [2.24, 2.45) is 11.8 Å². The van der Waals surface area contributed by atoms with E-state index in [0.717, 1.165) is 6.42 Å². The van der Waals surface area contributed by atoms with Crippen LogP contribution in [0.4, 0.5) is 0 Å². The third kappa shape index (κ3) is 3.66. The first-order valence-corrected chi connectivity index (χ1v) is 7.91. The largest absolute Gasteiger partial charge is 0.381 e. The molecule has 0 bridgehead atoms. The molecule has 0 radical (unpaired) electrons. The Bertz CT molecular complexity index is 342. The Labute approximate surface area is 105 Å². The summed E-state index contributed by atoms with van der Waals surface area (Å²) < 4.78 is 31.3. The lowest BCUT2D eigenvalue weighted by atomic mass is 9.88. The molecular weight excluding hydrogens is 238 g/mol. The first kappa shape index (κ1) is 14.9. The van der Waals surface area contributed by atoms with Crippen LogP contribution in [0.1, 0.15) is 34.1 Å². The fraction of sp³-hybridized carbons (Fsp3) is 1.00. The molecule has 1 rings (SSSR count). The topological polar surface area (TPSA) is 46.6 Å². The van der Waals surface area contributed by atoms with Gasteiger partial charge in [-0.05, 0) is 32.1 Å². The summed E-state index contributed by atoms with van der Waals surface area (Å²) in [5.41, 5.74) is 0. The molecule has 4 nitrogen and oxygen atoms in total.